The van der Waals surface area contributed by atoms with E-state index in [0.717, 1.165) is 5.76 Å². The standard InChI is InChI=1S/C12H12N4O2/c1-17-8-10(11-3-2-6-18-11)14-12-5-4-9(7-13)15-16-12/h2-6,10H,8H2,1H3,(H,14,16). The fourth-order valence-electron chi connectivity index (χ4n) is 1.50. The Labute approximate surface area is 104 Å². The van der Waals surface area contributed by atoms with E-state index in [1.165, 1.54) is 0 Å². The monoisotopic (exact) mass is 244 g/mol. The third-order valence-corrected chi connectivity index (χ3v) is 2.32. The second-order valence-electron chi connectivity index (χ2n) is 3.58. The predicted octanol–water partition coefficient (Wildman–Crippen LogP) is 1.74. The lowest BCUT2D eigenvalue weighted by Gasteiger charge is -2.15. The lowest BCUT2D eigenvalue weighted by Crippen LogP contribution is -2.16. The summed E-state index contributed by atoms with van der Waals surface area (Å²) in [5, 5.41) is 19.4. The molecule has 6 nitrogen and oxygen atoms in total. The van der Waals surface area contributed by atoms with Gasteiger partial charge >= 0.3 is 0 Å². The molecule has 0 saturated heterocycles. The molecule has 2 heterocycles. The Hall–Kier alpha value is -2.39. The number of hydrogen-bond acceptors (Lipinski definition) is 6. The van der Waals surface area contributed by atoms with E-state index in [1.54, 1.807) is 25.5 Å². The number of methoxy groups -OCH3 is 1. The average Bonchev–Trinajstić information content (AvgIpc) is 2.93. The molecule has 0 aromatic carbocycles. The molecule has 1 atom stereocenters. The molecule has 6 heteroatoms. The maximum atomic E-state index is 8.64. The lowest BCUT2D eigenvalue weighted by molar-refractivity contribution is 0.178. The number of hydrogen-bond donors (Lipinski definition) is 1. The van der Waals surface area contributed by atoms with Crippen molar-refractivity contribution < 1.29 is 9.15 Å². The van der Waals surface area contributed by atoms with Gasteiger partial charge in [-0.05, 0) is 24.3 Å². The van der Waals surface area contributed by atoms with Crippen LogP contribution in [0.3, 0.4) is 0 Å². The van der Waals surface area contributed by atoms with Crippen molar-refractivity contribution in [2.45, 2.75) is 6.04 Å². The van der Waals surface area contributed by atoms with Crippen LogP contribution < -0.4 is 5.32 Å². The topological polar surface area (TPSA) is 84.0 Å². The average molecular weight is 244 g/mol. The molecule has 0 saturated carbocycles. The normalized spacial score (nSPS) is 11.8. The Morgan fingerprint density at radius 2 is 2.33 bits per heavy atom. The third kappa shape index (κ3) is 2.84. The van der Waals surface area contributed by atoms with Crippen LogP contribution in [0.25, 0.3) is 0 Å². The van der Waals surface area contributed by atoms with Crippen molar-refractivity contribution in [3.8, 4) is 6.07 Å². The van der Waals surface area contributed by atoms with E-state index in [0.29, 0.717) is 12.4 Å². The first kappa shape index (κ1) is 12.1. The largest absolute Gasteiger partial charge is 0.467 e. The molecule has 2 rings (SSSR count). The number of aromatic nitrogens is 2. The van der Waals surface area contributed by atoms with Crippen molar-refractivity contribution in [1.29, 1.82) is 5.26 Å². The number of rotatable bonds is 5. The van der Waals surface area contributed by atoms with Crippen LogP contribution in [0.15, 0.2) is 34.9 Å². The summed E-state index contributed by atoms with van der Waals surface area (Å²) in [5.74, 6) is 1.32. The minimum atomic E-state index is -0.146. The van der Waals surface area contributed by atoms with Gasteiger partial charge in [0.25, 0.3) is 0 Å². The first-order chi connectivity index (χ1) is 8.83. The molecular weight excluding hydrogens is 232 g/mol. The molecule has 18 heavy (non-hydrogen) atoms. The number of nitrogens with one attached hydrogen (secondary N) is 1. The van der Waals surface area contributed by atoms with Gasteiger partial charge in [0, 0.05) is 7.11 Å². The summed E-state index contributed by atoms with van der Waals surface area (Å²) in [6, 6.07) is 8.72. The zero-order valence-corrected chi connectivity index (χ0v) is 9.83. The van der Waals surface area contributed by atoms with Gasteiger partial charge in [-0.1, -0.05) is 0 Å². The molecule has 2 aromatic heterocycles. The van der Waals surface area contributed by atoms with E-state index in [4.69, 9.17) is 14.4 Å². The maximum Gasteiger partial charge on any atom is 0.163 e. The number of nitrogens with zero attached hydrogens (tertiary/aromatic N) is 3. The van der Waals surface area contributed by atoms with Crippen LogP contribution in [0.5, 0.6) is 0 Å². The van der Waals surface area contributed by atoms with Gasteiger partial charge in [0.2, 0.25) is 0 Å². The van der Waals surface area contributed by atoms with Crippen LogP contribution in [-0.2, 0) is 4.74 Å². The van der Waals surface area contributed by atoms with E-state index in [-0.39, 0.29) is 11.7 Å². The van der Waals surface area contributed by atoms with Crippen molar-refractivity contribution in [2.24, 2.45) is 0 Å². The molecule has 1 N–H and O–H groups in total. The molecule has 0 amide bonds. The zero-order valence-electron chi connectivity index (χ0n) is 9.83. The highest BCUT2D eigenvalue weighted by Crippen LogP contribution is 2.18. The molecule has 0 radical (unpaired) electrons. The summed E-state index contributed by atoms with van der Waals surface area (Å²) in [6.07, 6.45) is 1.60. The molecule has 92 valence electrons. The third-order valence-electron chi connectivity index (χ3n) is 2.32. The van der Waals surface area contributed by atoms with Crippen LogP contribution in [0, 0.1) is 11.3 Å². The molecule has 0 aliphatic rings. The second kappa shape index (κ2) is 5.80. The van der Waals surface area contributed by atoms with Gasteiger partial charge in [-0.25, -0.2) is 0 Å². The highest BCUT2D eigenvalue weighted by Gasteiger charge is 2.14. The molecule has 1 unspecified atom stereocenters. The first-order valence-electron chi connectivity index (χ1n) is 5.36. The molecule has 2 aromatic rings. The number of ether oxygens (including phenoxy) is 1. The quantitative estimate of drug-likeness (QED) is 0.862. The zero-order chi connectivity index (χ0) is 12.8. The lowest BCUT2D eigenvalue weighted by atomic mass is 10.2. The summed E-state index contributed by atoms with van der Waals surface area (Å²) < 4.78 is 10.4. The molecule has 0 aliphatic heterocycles. The molecular formula is C12H12N4O2. The van der Waals surface area contributed by atoms with Crippen molar-refractivity contribution in [1.82, 2.24) is 10.2 Å². The first-order valence-corrected chi connectivity index (χ1v) is 5.36. The summed E-state index contributed by atoms with van der Waals surface area (Å²) in [4.78, 5) is 0. The number of furan rings is 1. The minimum Gasteiger partial charge on any atom is -0.467 e. The summed E-state index contributed by atoms with van der Waals surface area (Å²) in [7, 11) is 1.61. The number of nitriles is 1. The van der Waals surface area contributed by atoms with Crippen molar-refractivity contribution >= 4 is 5.82 Å². The second-order valence-corrected chi connectivity index (χ2v) is 3.58. The van der Waals surface area contributed by atoms with Crippen molar-refractivity contribution in [3.05, 3.63) is 42.0 Å². The predicted molar refractivity (Wildman–Crippen MR) is 63.7 cm³/mol. The van der Waals surface area contributed by atoms with Crippen LogP contribution in [0.1, 0.15) is 17.5 Å². The maximum absolute atomic E-state index is 8.64. The van der Waals surface area contributed by atoms with Crippen LogP contribution in [0.4, 0.5) is 5.82 Å². The molecule has 0 fully saturated rings. The summed E-state index contributed by atoms with van der Waals surface area (Å²) in [5.41, 5.74) is 0.279. The Bertz CT molecular complexity index is 516. The molecule has 0 aliphatic carbocycles. The van der Waals surface area contributed by atoms with Crippen molar-refractivity contribution in [2.75, 3.05) is 19.0 Å². The van der Waals surface area contributed by atoms with E-state index in [2.05, 4.69) is 15.5 Å². The van der Waals surface area contributed by atoms with E-state index in [1.807, 2.05) is 18.2 Å². The van der Waals surface area contributed by atoms with Gasteiger partial charge in [0.05, 0.1) is 12.9 Å². The highest BCUT2D eigenvalue weighted by atomic mass is 16.5. The molecule has 0 bridgehead atoms. The highest BCUT2D eigenvalue weighted by molar-refractivity contribution is 5.37. The van der Waals surface area contributed by atoms with Gasteiger partial charge in [-0.3, -0.25) is 0 Å². The Kier molecular flexibility index (Phi) is 3.89. The van der Waals surface area contributed by atoms with Crippen LogP contribution >= 0.6 is 0 Å². The Balaban J connectivity index is 2.11. The summed E-state index contributed by atoms with van der Waals surface area (Å²) >= 11 is 0. The van der Waals surface area contributed by atoms with E-state index >= 15 is 0 Å². The van der Waals surface area contributed by atoms with E-state index < -0.39 is 0 Å². The fourth-order valence-corrected chi connectivity index (χ4v) is 1.50. The minimum absolute atomic E-state index is 0.146. The van der Waals surface area contributed by atoms with Gasteiger partial charge in [0.15, 0.2) is 5.69 Å². The van der Waals surface area contributed by atoms with Gasteiger partial charge in [-0.2, -0.15) is 5.26 Å². The smallest absolute Gasteiger partial charge is 0.163 e. The van der Waals surface area contributed by atoms with E-state index in [9.17, 15) is 0 Å². The SMILES string of the molecule is COCC(Nc1ccc(C#N)nn1)c1ccco1. The number of anilines is 1. The fraction of sp³-hybridized carbons (Fsp3) is 0.250. The van der Waals surface area contributed by atoms with Crippen LogP contribution in [0.2, 0.25) is 0 Å². The molecule has 0 spiro atoms. The van der Waals surface area contributed by atoms with Gasteiger partial charge < -0.3 is 14.5 Å². The van der Waals surface area contributed by atoms with Crippen molar-refractivity contribution in [3.63, 3.8) is 0 Å². The van der Waals surface area contributed by atoms with Gasteiger partial charge in [0.1, 0.15) is 23.7 Å². The Morgan fingerprint density at radius 3 is 2.89 bits per heavy atom. The summed E-state index contributed by atoms with van der Waals surface area (Å²) in [6.45, 7) is 0.440. The van der Waals surface area contributed by atoms with Crippen LogP contribution in [-0.4, -0.2) is 23.9 Å². The van der Waals surface area contributed by atoms with Gasteiger partial charge in [-0.15, -0.1) is 10.2 Å². The Morgan fingerprint density at radius 1 is 1.44 bits per heavy atom.